The Morgan fingerprint density at radius 1 is 0.512 bits per heavy atom. The molecule has 0 fully saturated rings. The second-order valence-corrected chi connectivity index (χ2v) is 24.0. The molecule has 0 saturated heterocycles. The van der Waals surface area contributed by atoms with E-state index in [1.807, 2.05) is 158 Å². The van der Waals surface area contributed by atoms with Crippen LogP contribution >= 0.6 is 15.6 Å². The van der Waals surface area contributed by atoms with E-state index >= 15 is 0 Å². The fraction of sp³-hybridized carbons (Fsp3) is 0.375. The number of likely N-dealkylation sites (N-methyl/N-ethyl adjacent to an activating group) is 2. The zero-order valence-electron chi connectivity index (χ0n) is 48.1. The molecule has 4 unspecified atom stereocenters. The van der Waals surface area contributed by atoms with E-state index in [0.717, 1.165) is 83.0 Å². The number of nitrogens with zero attached hydrogens (tertiary/aromatic N) is 2. The first-order chi connectivity index (χ1) is 40.6. The van der Waals surface area contributed by atoms with Gasteiger partial charge in [-0.3, -0.25) is 37.3 Å². The molecule has 0 saturated carbocycles. The van der Waals surface area contributed by atoms with Crippen LogP contribution in [-0.2, 0) is 75.6 Å². The van der Waals surface area contributed by atoms with Crippen LogP contribution in [0, 0.1) is 0 Å². The summed E-state index contributed by atoms with van der Waals surface area (Å²) < 4.78 is 50.6. The molecule has 18 nitrogen and oxygen atoms in total. The van der Waals surface area contributed by atoms with Crippen molar-refractivity contribution < 1.29 is 56.2 Å². The van der Waals surface area contributed by atoms with Crippen LogP contribution in [0.1, 0.15) is 117 Å². The molecule has 0 heterocycles. The number of nitrogens with one attached hydrogen (secondary N) is 4. The van der Waals surface area contributed by atoms with Crippen LogP contribution in [0.3, 0.4) is 0 Å². The highest BCUT2D eigenvalue weighted by molar-refractivity contribution is 7.47. The number of fused-ring (bicyclic) bond motifs is 2. The Balaban J connectivity index is 0.846. The minimum Gasteiger partial charge on any atom is -0.353 e. The summed E-state index contributed by atoms with van der Waals surface area (Å²) in [5.41, 5.74) is 8.14. The summed E-state index contributed by atoms with van der Waals surface area (Å²) in [5.74, 6) is -1.77. The molecule has 0 bridgehead atoms. The summed E-state index contributed by atoms with van der Waals surface area (Å²) in [6.45, 7) is 3.33. The van der Waals surface area contributed by atoms with Gasteiger partial charge in [-0.2, -0.15) is 0 Å². The molecule has 20 heteroatoms. The van der Waals surface area contributed by atoms with Crippen molar-refractivity contribution in [1.29, 1.82) is 0 Å². The molecule has 0 aliphatic heterocycles. The Labute approximate surface area is 492 Å². The Kier molecular flexibility index (Phi) is 23.0. The summed E-state index contributed by atoms with van der Waals surface area (Å²) in [7, 11) is -6.83. The number of phosphoric ester groups is 2. The van der Waals surface area contributed by atoms with Crippen molar-refractivity contribution in [3.05, 3.63) is 213 Å². The van der Waals surface area contributed by atoms with Crippen LogP contribution in [0.25, 0.3) is 0 Å². The molecule has 4 amide bonds. The number of benzene rings is 6. The summed E-state index contributed by atoms with van der Waals surface area (Å²) in [4.78, 5) is 81.9. The highest BCUT2D eigenvalue weighted by Crippen LogP contribution is 2.52. The lowest BCUT2D eigenvalue weighted by Crippen LogP contribution is -2.49. The van der Waals surface area contributed by atoms with Gasteiger partial charge in [0.1, 0.15) is 12.1 Å². The SMILES string of the molecule is CCCCc1ccc(C(=O)N(Cc2ccccc2)[C@@H]2c3ccccc3C[C@@H]2OP(=O)(O)OCC(NC)C(=O)NCCNC(=O)C(COP(=O)(O)O[C@H]2Cc3ccccc3[C@@H]2N(Cc2ccccc2)C(=O)c2ccc(CCCC)cc2)NC)cc1. The van der Waals surface area contributed by atoms with Crippen molar-refractivity contribution >= 4 is 39.3 Å². The van der Waals surface area contributed by atoms with Gasteiger partial charge in [-0.1, -0.05) is 160 Å². The molecule has 446 valence electrons. The lowest BCUT2D eigenvalue weighted by molar-refractivity contribution is -0.125. The summed E-state index contributed by atoms with van der Waals surface area (Å²) in [6.07, 6.45) is 4.37. The third-order valence-electron chi connectivity index (χ3n) is 15.3. The third kappa shape index (κ3) is 17.0. The summed E-state index contributed by atoms with van der Waals surface area (Å²) >= 11 is 0. The van der Waals surface area contributed by atoms with Gasteiger partial charge in [0.2, 0.25) is 11.8 Å². The summed E-state index contributed by atoms with van der Waals surface area (Å²) in [6, 6.07) is 45.3. The van der Waals surface area contributed by atoms with Crippen molar-refractivity contribution in [2.24, 2.45) is 0 Å². The van der Waals surface area contributed by atoms with Gasteiger partial charge in [0.15, 0.2) is 0 Å². The van der Waals surface area contributed by atoms with Crippen molar-refractivity contribution in [2.45, 2.75) is 115 Å². The van der Waals surface area contributed by atoms with Gasteiger partial charge in [0.05, 0.1) is 37.5 Å². The zero-order valence-corrected chi connectivity index (χ0v) is 49.9. The third-order valence-corrected chi connectivity index (χ3v) is 17.3. The van der Waals surface area contributed by atoms with Gasteiger partial charge < -0.3 is 40.9 Å². The zero-order chi connectivity index (χ0) is 59.6. The maximum Gasteiger partial charge on any atom is 0.472 e. The Hall–Kier alpha value is -6.66. The van der Waals surface area contributed by atoms with Crippen molar-refractivity contribution in [3.8, 4) is 0 Å². The molecule has 0 aromatic heterocycles. The van der Waals surface area contributed by atoms with E-state index in [1.165, 1.54) is 14.1 Å². The monoisotopic (exact) mass is 1180 g/mol. The normalized spacial score (nSPS) is 18.3. The molecular weight excluding hydrogens is 1110 g/mol. The lowest BCUT2D eigenvalue weighted by atomic mass is 10.0. The first-order valence-electron chi connectivity index (χ1n) is 28.8. The number of hydrogen-bond acceptors (Lipinski definition) is 12. The quantitative estimate of drug-likeness (QED) is 0.0176. The molecule has 8 rings (SSSR count). The topological polar surface area (TPSA) is 234 Å². The minimum absolute atomic E-state index is 0.0749. The lowest BCUT2D eigenvalue weighted by Gasteiger charge is -2.34. The Morgan fingerprint density at radius 3 is 1.23 bits per heavy atom. The number of carbonyl (C=O) groups is 4. The number of hydrogen-bond donors (Lipinski definition) is 6. The van der Waals surface area contributed by atoms with Crippen LogP contribution in [-0.4, -0.2) is 108 Å². The summed E-state index contributed by atoms with van der Waals surface area (Å²) in [5, 5.41) is 10.9. The first-order valence-corrected chi connectivity index (χ1v) is 31.8. The van der Waals surface area contributed by atoms with E-state index in [2.05, 4.69) is 35.1 Å². The van der Waals surface area contributed by atoms with Crippen molar-refractivity contribution in [2.75, 3.05) is 40.4 Å². The van der Waals surface area contributed by atoms with Crippen LogP contribution in [0.2, 0.25) is 0 Å². The molecule has 6 N–H and O–H groups in total. The molecule has 2 aliphatic carbocycles. The van der Waals surface area contributed by atoms with E-state index in [1.54, 1.807) is 9.80 Å². The number of unbranched alkanes of at least 4 members (excludes halogenated alkanes) is 2. The number of carbonyl (C=O) groups excluding carboxylic acids is 4. The van der Waals surface area contributed by atoms with Gasteiger partial charge >= 0.3 is 15.6 Å². The Morgan fingerprint density at radius 2 is 0.869 bits per heavy atom. The van der Waals surface area contributed by atoms with Gasteiger partial charge in [0.25, 0.3) is 11.8 Å². The fourth-order valence-electron chi connectivity index (χ4n) is 10.8. The first kappa shape index (κ1) is 63.4. The second-order valence-electron chi connectivity index (χ2n) is 21.2. The predicted molar refractivity (Wildman–Crippen MR) is 322 cm³/mol. The van der Waals surface area contributed by atoms with Crippen LogP contribution in [0.5, 0.6) is 0 Å². The Bertz CT molecular complexity index is 3020. The average Bonchev–Trinajstić information content (AvgIpc) is 2.87. The van der Waals surface area contributed by atoms with Crippen LogP contribution in [0.4, 0.5) is 0 Å². The molecule has 0 spiro atoms. The highest BCUT2D eigenvalue weighted by atomic mass is 31.2. The maximum atomic E-state index is 14.6. The number of amides is 4. The van der Waals surface area contributed by atoms with E-state index in [-0.39, 0.29) is 50.8 Å². The average molecular weight is 1190 g/mol. The standard InChI is InChI=1S/C64H78N6O12P2/c1-5-7-19-45-29-33-49(34-30-45)63(73)69(41-47-21-11-9-12-22-47)59-53-27-17-15-25-51(53)39-57(59)81-83(75,76)79-43-55(65-3)61(71)67-37-38-68-62(72)56(66-4)44-80-84(77,78)82-58-40-52-26-16-18-28-54(52)60(58)70(42-48-23-13-10-14-24-48)64(74)50-35-31-46(32-36-50)20-8-6-2/h9-18,21-36,55-60,65-66H,5-8,19-20,37-44H2,1-4H3,(H,67,71)(H,68,72)(H,75,76)(H,77,78)/t55?,56?,57-,58-,59-,60+/m0/s1. The fourth-order valence-corrected chi connectivity index (χ4v) is 12.7. The van der Waals surface area contributed by atoms with Crippen LogP contribution < -0.4 is 21.3 Å². The van der Waals surface area contributed by atoms with Gasteiger partial charge in [-0.25, -0.2) is 9.13 Å². The van der Waals surface area contributed by atoms with Gasteiger partial charge in [0, 0.05) is 50.1 Å². The van der Waals surface area contributed by atoms with Crippen LogP contribution in [0.15, 0.2) is 158 Å². The number of aryl methyl sites for hydroxylation is 2. The maximum absolute atomic E-state index is 14.6. The van der Waals surface area contributed by atoms with Gasteiger partial charge in [-0.05, 0) is 109 Å². The molecular formula is C64H78N6O12P2. The molecule has 6 aromatic carbocycles. The number of rotatable bonds is 31. The van der Waals surface area contributed by atoms with E-state index < -0.39 is 77.0 Å². The van der Waals surface area contributed by atoms with E-state index in [0.29, 0.717) is 11.1 Å². The van der Waals surface area contributed by atoms with Crippen molar-refractivity contribution in [3.63, 3.8) is 0 Å². The van der Waals surface area contributed by atoms with E-state index in [9.17, 15) is 38.1 Å². The van der Waals surface area contributed by atoms with Crippen molar-refractivity contribution in [1.82, 2.24) is 31.1 Å². The molecule has 84 heavy (non-hydrogen) atoms. The smallest absolute Gasteiger partial charge is 0.353 e. The highest BCUT2D eigenvalue weighted by Gasteiger charge is 2.45. The van der Waals surface area contributed by atoms with E-state index in [4.69, 9.17) is 18.1 Å². The molecule has 0 radical (unpaired) electrons. The number of phosphoric acid groups is 2. The van der Waals surface area contributed by atoms with Gasteiger partial charge in [-0.15, -0.1) is 0 Å². The second kappa shape index (κ2) is 30.4. The largest absolute Gasteiger partial charge is 0.472 e. The predicted octanol–water partition coefficient (Wildman–Crippen LogP) is 9.36. The molecule has 2 aliphatic rings. The molecule has 6 aromatic rings. The molecule has 8 atom stereocenters. The minimum atomic E-state index is -4.89.